The van der Waals surface area contributed by atoms with Crippen LogP contribution < -0.4 is 20.7 Å². The van der Waals surface area contributed by atoms with E-state index in [1.165, 1.54) is 26.7 Å². The van der Waals surface area contributed by atoms with Crippen LogP contribution in [-0.4, -0.2) is 36.6 Å². The molecule has 8 heteroatoms. The van der Waals surface area contributed by atoms with Crippen LogP contribution in [0.25, 0.3) is 117 Å². The lowest BCUT2D eigenvalue weighted by Crippen LogP contribution is -2.74. The molecule has 0 aliphatic heterocycles. The zero-order valence-electron chi connectivity index (χ0n) is 40.3. The van der Waals surface area contributed by atoms with Crippen LogP contribution in [-0.2, 0) is 0 Å². The Morgan fingerprint density at radius 3 is 1.56 bits per heavy atom. The van der Waals surface area contributed by atoms with Crippen molar-refractivity contribution >= 4 is 89.6 Å². The van der Waals surface area contributed by atoms with Crippen LogP contribution in [0.1, 0.15) is 0 Å². The van der Waals surface area contributed by atoms with E-state index >= 15 is 0 Å². The quantitative estimate of drug-likeness (QED) is 0.123. The molecule has 0 unspecified atom stereocenters. The molecule has 5 heterocycles. The molecule has 0 spiro atoms. The minimum absolute atomic E-state index is 0.582. The summed E-state index contributed by atoms with van der Waals surface area (Å²) in [6.07, 6.45) is 2.05. The lowest BCUT2D eigenvalue weighted by Gasteiger charge is -2.34. The van der Waals surface area contributed by atoms with E-state index in [-0.39, 0.29) is 0 Å². The Hall–Kier alpha value is -9.89. The summed E-state index contributed by atoms with van der Waals surface area (Å²) in [5.74, 6) is 1.18. The summed E-state index contributed by atoms with van der Waals surface area (Å²) in [5, 5.41) is 8.29. The molecular formula is C67H42N6OSi. The number of oxazole rings is 1. The lowest BCUT2D eigenvalue weighted by atomic mass is 9.83. The fourth-order valence-corrected chi connectivity index (χ4v) is 17.5. The molecule has 1 aliphatic carbocycles. The number of nitrogens with zero attached hydrogens (tertiary/aromatic N) is 6. The highest BCUT2D eigenvalue weighted by molar-refractivity contribution is 7.20. The number of hydrogen-bond donors (Lipinski definition) is 0. The van der Waals surface area contributed by atoms with Gasteiger partial charge in [0.2, 0.25) is 5.95 Å². The number of rotatable bonds is 6. The number of imidazole rings is 1. The van der Waals surface area contributed by atoms with Crippen LogP contribution in [0.15, 0.2) is 259 Å². The second-order valence-electron chi connectivity index (χ2n) is 19.5. The SMILES string of the molecule is c1ccc([Si](c2ccccc2)(c2cccc(-n3c4ccccc4c4c5ccccc5n(-c5ncc6c(n5)-c5ccccc5-c5ccccc5-c5ccccc5-6)c43)c2)c2cccc3c2oc2nc4ccccc4n23)cc1. The summed E-state index contributed by atoms with van der Waals surface area (Å²) in [6, 6.07) is 89.9. The van der Waals surface area contributed by atoms with Crippen LogP contribution in [0.3, 0.4) is 0 Å². The lowest BCUT2D eigenvalue weighted by molar-refractivity contribution is 0.645. The number of benzene rings is 10. The Morgan fingerprint density at radius 1 is 0.387 bits per heavy atom. The van der Waals surface area contributed by atoms with Gasteiger partial charge in [-0.15, -0.1) is 0 Å². The van der Waals surface area contributed by atoms with Gasteiger partial charge in [-0.1, -0.05) is 206 Å². The van der Waals surface area contributed by atoms with E-state index in [1.54, 1.807) is 0 Å². The molecule has 1 aliphatic rings. The molecule has 7 nitrogen and oxygen atoms in total. The number of hydrogen-bond acceptors (Lipinski definition) is 4. The molecule has 16 rings (SSSR count). The Morgan fingerprint density at radius 2 is 0.893 bits per heavy atom. The largest absolute Gasteiger partial charge is 0.423 e. The number of aromatic nitrogens is 6. The molecule has 75 heavy (non-hydrogen) atoms. The van der Waals surface area contributed by atoms with Crippen molar-refractivity contribution in [1.82, 2.24) is 28.5 Å². The minimum atomic E-state index is -3.25. The fourth-order valence-electron chi connectivity index (χ4n) is 12.6. The van der Waals surface area contributed by atoms with Gasteiger partial charge in [0.05, 0.1) is 33.3 Å². The molecule has 10 aromatic carbocycles. The Balaban J connectivity index is 0.990. The number of para-hydroxylation sites is 5. The first-order valence-corrected chi connectivity index (χ1v) is 27.4. The predicted molar refractivity (Wildman–Crippen MR) is 308 cm³/mol. The Labute approximate surface area is 431 Å². The van der Waals surface area contributed by atoms with Gasteiger partial charge >= 0.3 is 5.84 Å². The van der Waals surface area contributed by atoms with E-state index in [4.69, 9.17) is 19.4 Å². The zero-order chi connectivity index (χ0) is 49.2. The van der Waals surface area contributed by atoms with Gasteiger partial charge in [-0.25, -0.2) is 9.97 Å². The molecule has 0 saturated carbocycles. The normalized spacial score (nSPS) is 12.3. The van der Waals surface area contributed by atoms with Crippen LogP contribution in [0.4, 0.5) is 0 Å². The van der Waals surface area contributed by atoms with Gasteiger partial charge in [0, 0.05) is 39.2 Å². The first-order chi connectivity index (χ1) is 37.2. The summed E-state index contributed by atoms with van der Waals surface area (Å²) < 4.78 is 13.9. The van der Waals surface area contributed by atoms with Gasteiger partial charge in [-0.3, -0.25) is 13.5 Å². The van der Waals surface area contributed by atoms with Crippen LogP contribution >= 0.6 is 0 Å². The number of fused-ring (bicyclic) bond motifs is 18. The molecule has 5 aromatic heterocycles. The highest BCUT2D eigenvalue weighted by atomic mass is 28.3. The van der Waals surface area contributed by atoms with Crippen molar-refractivity contribution in [3.05, 3.63) is 255 Å². The van der Waals surface area contributed by atoms with E-state index in [1.807, 2.05) is 18.3 Å². The van der Waals surface area contributed by atoms with Crippen LogP contribution in [0, 0.1) is 0 Å². The monoisotopic (exact) mass is 974 g/mol. The average Bonchev–Trinajstić information content (AvgIpc) is 4.33. The maximum atomic E-state index is 7.03. The molecule has 350 valence electrons. The van der Waals surface area contributed by atoms with Crippen molar-refractivity contribution < 1.29 is 4.42 Å². The van der Waals surface area contributed by atoms with Crippen LogP contribution in [0.5, 0.6) is 0 Å². The van der Waals surface area contributed by atoms with Crippen molar-refractivity contribution in [2.24, 2.45) is 0 Å². The van der Waals surface area contributed by atoms with Crippen LogP contribution in [0.2, 0.25) is 0 Å². The first-order valence-electron chi connectivity index (χ1n) is 25.4. The molecule has 0 bridgehead atoms. The molecule has 0 amide bonds. The van der Waals surface area contributed by atoms with E-state index in [0.29, 0.717) is 11.8 Å². The standard InChI is InChI=1S/C67H42N6OSi/c1-3-22-44(23-4-1)75(45-24-5-2-6-25-45,61-40-20-39-60-64(61)74-67-69-56-35-15-18-38-59(56)72(60)67)46-26-19-21-43(41-46)71-57-36-16-13-33-53(57)62-54-34-14-17-37-58(54)73(65(62)71)66-68-42-55-51-31-10-9-29-49(51)47-27-7-8-28-48(47)50-30-11-12-32-52(50)63(55)70-66/h1-42H. The summed E-state index contributed by atoms with van der Waals surface area (Å²) in [4.78, 5) is 16.2. The van der Waals surface area contributed by atoms with E-state index in [0.717, 1.165) is 99.4 Å². The Kier molecular flexibility index (Phi) is 8.93. The van der Waals surface area contributed by atoms with Gasteiger partial charge in [-0.05, 0) is 91.0 Å². The zero-order valence-corrected chi connectivity index (χ0v) is 41.3. The van der Waals surface area contributed by atoms with Crippen molar-refractivity contribution in [3.8, 4) is 56.3 Å². The third kappa shape index (κ3) is 5.88. The average molecular weight is 975 g/mol. The molecule has 15 aromatic rings. The second-order valence-corrected chi connectivity index (χ2v) is 23.3. The maximum absolute atomic E-state index is 7.03. The smallest absolute Gasteiger partial charge is 0.307 e. The maximum Gasteiger partial charge on any atom is 0.307 e. The highest BCUT2D eigenvalue weighted by Gasteiger charge is 2.44. The molecule has 0 saturated heterocycles. The summed E-state index contributed by atoms with van der Waals surface area (Å²) in [7, 11) is -3.25. The summed E-state index contributed by atoms with van der Waals surface area (Å²) >= 11 is 0. The third-order valence-corrected chi connectivity index (χ3v) is 20.4. The van der Waals surface area contributed by atoms with Gasteiger partial charge in [0.25, 0.3) is 0 Å². The molecule has 0 fully saturated rings. The van der Waals surface area contributed by atoms with Gasteiger partial charge < -0.3 is 4.42 Å². The topological polar surface area (TPSA) is 66.1 Å². The Bertz CT molecular complexity index is 4750. The van der Waals surface area contributed by atoms with Gasteiger partial charge in [0.15, 0.2) is 13.7 Å². The highest BCUT2D eigenvalue weighted by Crippen LogP contribution is 2.48. The fraction of sp³-hybridized carbons (Fsp3) is 0. The molecule has 0 radical (unpaired) electrons. The molecule has 0 N–H and O–H groups in total. The van der Waals surface area contributed by atoms with Crippen molar-refractivity contribution in [2.75, 3.05) is 0 Å². The van der Waals surface area contributed by atoms with Crippen molar-refractivity contribution in [3.63, 3.8) is 0 Å². The third-order valence-electron chi connectivity index (χ3n) is 15.7. The van der Waals surface area contributed by atoms with Gasteiger partial charge in [0.1, 0.15) is 5.65 Å². The van der Waals surface area contributed by atoms with Crippen molar-refractivity contribution in [1.29, 1.82) is 0 Å². The second kappa shape index (κ2) is 16.1. The predicted octanol–water partition coefficient (Wildman–Crippen LogP) is 13.4. The van der Waals surface area contributed by atoms with E-state index in [9.17, 15) is 0 Å². The van der Waals surface area contributed by atoms with Gasteiger partial charge in [-0.2, -0.15) is 4.98 Å². The van der Waals surface area contributed by atoms with E-state index in [2.05, 4.69) is 250 Å². The minimum Gasteiger partial charge on any atom is -0.423 e. The molecule has 0 atom stereocenters. The first kappa shape index (κ1) is 41.7. The summed E-state index contributed by atoms with van der Waals surface area (Å²) in [6.45, 7) is 0. The summed E-state index contributed by atoms with van der Waals surface area (Å²) in [5.41, 5.74) is 16.6. The molecular weight excluding hydrogens is 933 g/mol. The van der Waals surface area contributed by atoms with E-state index < -0.39 is 8.07 Å². The van der Waals surface area contributed by atoms with Crippen molar-refractivity contribution in [2.45, 2.75) is 0 Å².